The Morgan fingerprint density at radius 1 is 1.35 bits per heavy atom. The van der Waals surface area contributed by atoms with Crippen LogP contribution in [0.25, 0.3) is 0 Å². The molecule has 1 aliphatic heterocycles. The van der Waals surface area contributed by atoms with Gasteiger partial charge in [-0.1, -0.05) is 0 Å². The van der Waals surface area contributed by atoms with Gasteiger partial charge in [0.2, 0.25) is 5.88 Å². The summed E-state index contributed by atoms with van der Waals surface area (Å²) in [6.45, 7) is 2.83. The molecule has 1 saturated heterocycles. The van der Waals surface area contributed by atoms with E-state index in [1.54, 1.807) is 18.2 Å². The zero-order valence-corrected chi connectivity index (χ0v) is 14.3. The maximum absolute atomic E-state index is 10.9. The predicted octanol–water partition coefficient (Wildman–Crippen LogP) is 2.92. The molecular formula is C18H19N5O3. The van der Waals surface area contributed by atoms with E-state index in [1.165, 1.54) is 11.2 Å². The van der Waals surface area contributed by atoms with E-state index < -0.39 is 6.09 Å². The van der Waals surface area contributed by atoms with E-state index in [2.05, 4.69) is 21.4 Å². The molecule has 8 heteroatoms. The van der Waals surface area contributed by atoms with Crippen molar-refractivity contribution in [3.05, 3.63) is 41.7 Å². The van der Waals surface area contributed by atoms with Crippen molar-refractivity contribution in [1.29, 1.82) is 5.26 Å². The first-order valence-corrected chi connectivity index (χ1v) is 8.29. The highest BCUT2D eigenvalue weighted by Gasteiger charge is 2.23. The van der Waals surface area contributed by atoms with Crippen molar-refractivity contribution < 1.29 is 14.6 Å². The zero-order chi connectivity index (χ0) is 18.5. The Hall–Kier alpha value is -3.34. The number of amides is 1. The second kappa shape index (κ2) is 7.70. The van der Waals surface area contributed by atoms with Crippen molar-refractivity contribution in [2.24, 2.45) is 0 Å². The zero-order valence-electron chi connectivity index (χ0n) is 14.3. The number of aryl methyl sites for hydroxylation is 1. The van der Waals surface area contributed by atoms with Crippen molar-refractivity contribution in [1.82, 2.24) is 14.9 Å². The molecule has 8 nitrogen and oxygen atoms in total. The van der Waals surface area contributed by atoms with E-state index in [-0.39, 0.29) is 6.10 Å². The highest BCUT2D eigenvalue weighted by molar-refractivity contribution is 5.65. The van der Waals surface area contributed by atoms with Crippen LogP contribution < -0.4 is 10.1 Å². The molecule has 0 aliphatic carbocycles. The summed E-state index contributed by atoms with van der Waals surface area (Å²) < 4.78 is 5.87. The van der Waals surface area contributed by atoms with Gasteiger partial charge in [0.05, 0.1) is 11.6 Å². The molecule has 0 spiro atoms. The van der Waals surface area contributed by atoms with Crippen LogP contribution >= 0.6 is 0 Å². The second-order valence-corrected chi connectivity index (χ2v) is 6.09. The Morgan fingerprint density at radius 3 is 2.77 bits per heavy atom. The molecule has 2 heterocycles. The first kappa shape index (κ1) is 17.5. The molecular weight excluding hydrogens is 334 g/mol. The summed E-state index contributed by atoms with van der Waals surface area (Å²) in [6, 6.07) is 9.19. The molecule has 26 heavy (non-hydrogen) atoms. The number of anilines is 2. The molecule has 1 amide bonds. The number of hydrogen-bond donors (Lipinski definition) is 2. The quantitative estimate of drug-likeness (QED) is 0.869. The summed E-state index contributed by atoms with van der Waals surface area (Å²) in [4.78, 5) is 20.7. The smallest absolute Gasteiger partial charge is 0.407 e. The number of carboxylic acid groups (broad SMARTS) is 1. The molecule has 1 aromatic heterocycles. The number of nitrogens with zero attached hydrogens (tertiary/aromatic N) is 4. The van der Waals surface area contributed by atoms with Gasteiger partial charge in [-0.05, 0) is 30.7 Å². The number of nitriles is 1. The number of carbonyl (C=O) groups is 1. The number of aromatic nitrogens is 2. The van der Waals surface area contributed by atoms with Gasteiger partial charge >= 0.3 is 6.09 Å². The maximum Gasteiger partial charge on any atom is 0.407 e. The van der Waals surface area contributed by atoms with Gasteiger partial charge in [0.25, 0.3) is 0 Å². The number of ether oxygens (including phenoxy) is 1. The number of nitrogens with one attached hydrogen (secondary N) is 1. The highest BCUT2D eigenvalue weighted by atomic mass is 16.5. The Labute approximate surface area is 151 Å². The lowest BCUT2D eigenvalue weighted by molar-refractivity contribution is 0.0870. The largest absolute Gasteiger partial charge is 0.474 e. The second-order valence-electron chi connectivity index (χ2n) is 6.09. The van der Waals surface area contributed by atoms with Crippen molar-refractivity contribution in [2.45, 2.75) is 25.9 Å². The fourth-order valence-electron chi connectivity index (χ4n) is 2.82. The maximum atomic E-state index is 10.9. The summed E-state index contributed by atoms with van der Waals surface area (Å²) in [7, 11) is 0. The average molecular weight is 353 g/mol. The number of rotatable bonds is 4. The van der Waals surface area contributed by atoms with Gasteiger partial charge in [0, 0.05) is 37.7 Å². The number of benzene rings is 1. The molecule has 2 N–H and O–H groups in total. The third kappa shape index (κ3) is 4.19. The van der Waals surface area contributed by atoms with Crippen molar-refractivity contribution in [3.8, 4) is 11.9 Å². The Bertz CT molecular complexity index is 841. The molecule has 0 radical (unpaired) electrons. The van der Waals surface area contributed by atoms with E-state index >= 15 is 0 Å². The monoisotopic (exact) mass is 353 g/mol. The van der Waals surface area contributed by atoms with Crippen molar-refractivity contribution in [3.63, 3.8) is 0 Å². The number of hydrogen-bond acceptors (Lipinski definition) is 6. The van der Waals surface area contributed by atoms with Gasteiger partial charge in [0.1, 0.15) is 18.2 Å². The van der Waals surface area contributed by atoms with Crippen LogP contribution in [-0.2, 0) is 0 Å². The fraction of sp³-hybridized carbons (Fsp3) is 0.333. The fourth-order valence-corrected chi connectivity index (χ4v) is 2.82. The van der Waals surface area contributed by atoms with Crippen LogP contribution in [0, 0.1) is 18.3 Å². The Morgan fingerprint density at radius 2 is 2.12 bits per heavy atom. The van der Waals surface area contributed by atoms with Crippen LogP contribution in [0.15, 0.2) is 30.6 Å². The molecule has 3 rings (SSSR count). The predicted molar refractivity (Wildman–Crippen MR) is 94.5 cm³/mol. The minimum Gasteiger partial charge on any atom is -0.474 e. The van der Waals surface area contributed by atoms with Crippen molar-refractivity contribution >= 4 is 17.6 Å². The normalized spacial score (nSPS) is 14.5. The van der Waals surface area contributed by atoms with E-state index in [0.29, 0.717) is 43.2 Å². The summed E-state index contributed by atoms with van der Waals surface area (Å²) in [6.07, 6.45) is 1.73. The molecule has 0 unspecified atom stereocenters. The van der Waals surface area contributed by atoms with Crippen LogP contribution in [0.1, 0.15) is 24.0 Å². The molecule has 0 saturated carbocycles. The van der Waals surface area contributed by atoms with Gasteiger partial charge in [-0.3, -0.25) is 0 Å². The third-order valence-corrected chi connectivity index (χ3v) is 4.26. The van der Waals surface area contributed by atoms with Gasteiger partial charge in [-0.2, -0.15) is 5.26 Å². The summed E-state index contributed by atoms with van der Waals surface area (Å²) in [5.74, 6) is 1.04. The molecule has 1 aliphatic rings. The standard InChI is InChI=1S/C18H19N5O3/c1-12-8-13(10-19)2-3-15(12)22-16-9-17(21-11-20-16)26-14-4-6-23(7-5-14)18(24)25/h2-3,8-9,11,14H,4-7H2,1H3,(H,24,25)(H,20,21,22). The number of piperidine rings is 1. The van der Waals surface area contributed by atoms with E-state index in [0.717, 1.165) is 11.3 Å². The lowest BCUT2D eigenvalue weighted by atomic mass is 10.1. The van der Waals surface area contributed by atoms with E-state index in [1.807, 2.05) is 13.0 Å². The Balaban J connectivity index is 1.64. The average Bonchev–Trinajstić information content (AvgIpc) is 2.64. The third-order valence-electron chi connectivity index (χ3n) is 4.26. The first-order chi connectivity index (χ1) is 12.5. The lowest BCUT2D eigenvalue weighted by Gasteiger charge is -2.29. The Kier molecular flexibility index (Phi) is 5.17. The molecule has 134 valence electrons. The van der Waals surface area contributed by atoms with Crippen LogP contribution in [0.2, 0.25) is 0 Å². The van der Waals surface area contributed by atoms with Crippen LogP contribution in [0.5, 0.6) is 5.88 Å². The van der Waals surface area contributed by atoms with E-state index in [4.69, 9.17) is 15.1 Å². The number of likely N-dealkylation sites (tertiary alicyclic amines) is 1. The lowest BCUT2D eigenvalue weighted by Crippen LogP contribution is -2.41. The molecule has 0 atom stereocenters. The topological polar surface area (TPSA) is 111 Å². The highest BCUT2D eigenvalue weighted by Crippen LogP contribution is 2.23. The summed E-state index contributed by atoms with van der Waals surface area (Å²) >= 11 is 0. The molecule has 2 aromatic rings. The first-order valence-electron chi connectivity index (χ1n) is 8.29. The van der Waals surface area contributed by atoms with Crippen LogP contribution in [0.3, 0.4) is 0 Å². The van der Waals surface area contributed by atoms with Gasteiger partial charge in [-0.25, -0.2) is 14.8 Å². The minimum absolute atomic E-state index is 0.0648. The SMILES string of the molecule is Cc1cc(C#N)ccc1Nc1cc(OC2CCN(C(=O)O)CC2)ncn1. The summed E-state index contributed by atoms with van der Waals surface area (Å²) in [5, 5.41) is 21.1. The van der Waals surface area contributed by atoms with Crippen LogP contribution in [-0.4, -0.2) is 45.3 Å². The molecule has 1 aromatic carbocycles. The van der Waals surface area contributed by atoms with Gasteiger partial charge < -0.3 is 20.1 Å². The van der Waals surface area contributed by atoms with Crippen LogP contribution in [0.4, 0.5) is 16.3 Å². The minimum atomic E-state index is -0.894. The van der Waals surface area contributed by atoms with E-state index in [9.17, 15) is 4.79 Å². The molecule has 1 fully saturated rings. The van der Waals surface area contributed by atoms with Gasteiger partial charge in [0.15, 0.2) is 0 Å². The van der Waals surface area contributed by atoms with Gasteiger partial charge in [-0.15, -0.1) is 0 Å². The van der Waals surface area contributed by atoms with Crippen molar-refractivity contribution in [2.75, 3.05) is 18.4 Å². The molecule has 0 bridgehead atoms. The summed E-state index contributed by atoms with van der Waals surface area (Å²) in [5.41, 5.74) is 2.39.